The van der Waals surface area contributed by atoms with Crippen molar-refractivity contribution in [3.05, 3.63) is 35.4 Å². The number of halogens is 1. The van der Waals surface area contributed by atoms with Gasteiger partial charge in [0.25, 0.3) is 0 Å². The molecule has 23 heavy (non-hydrogen) atoms. The Morgan fingerprint density at radius 1 is 1.17 bits per heavy atom. The predicted molar refractivity (Wildman–Crippen MR) is 103 cm³/mol. The Labute approximate surface area is 155 Å². The lowest BCUT2D eigenvalue weighted by Gasteiger charge is -2.21. The average Bonchev–Trinajstić information content (AvgIpc) is 2.84. The number of guanidine groups is 1. The number of methoxy groups -OCH3 is 1. The third-order valence-electron chi connectivity index (χ3n) is 3.98. The van der Waals surface area contributed by atoms with Gasteiger partial charge in [0.2, 0.25) is 0 Å². The van der Waals surface area contributed by atoms with E-state index in [0.717, 1.165) is 25.1 Å². The van der Waals surface area contributed by atoms with E-state index in [1.165, 1.54) is 32.8 Å². The Balaban J connectivity index is 0.00000264. The largest absolute Gasteiger partial charge is 0.465 e. The van der Waals surface area contributed by atoms with Crippen LogP contribution in [0.3, 0.4) is 0 Å². The fourth-order valence-corrected chi connectivity index (χ4v) is 2.62. The summed E-state index contributed by atoms with van der Waals surface area (Å²) in [6.45, 7) is 2.70. The van der Waals surface area contributed by atoms with E-state index in [-0.39, 0.29) is 29.9 Å². The molecule has 0 amide bonds. The minimum atomic E-state index is -0.310. The molecule has 2 N–H and O–H groups in total. The number of esters is 1. The number of likely N-dealkylation sites (tertiary alicyclic amines) is 1. The Morgan fingerprint density at radius 3 is 2.35 bits per heavy atom. The maximum atomic E-state index is 11.4. The van der Waals surface area contributed by atoms with E-state index in [1.807, 2.05) is 12.1 Å². The second-order valence-electron chi connectivity index (χ2n) is 5.58. The van der Waals surface area contributed by atoms with Crippen molar-refractivity contribution in [1.29, 1.82) is 0 Å². The van der Waals surface area contributed by atoms with Gasteiger partial charge in [0, 0.05) is 19.6 Å². The van der Waals surface area contributed by atoms with Crippen LogP contribution in [0, 0.1) is 0 Å². The highest BCUT2D eigenvalue weighted by Crippen LogP contribution is 2.10. The summed E-state index contributed by atoms with van der Waals surface area (Å²) in [5.74, 6) is 0.350. The monoisotopic (exact) mass is 431 g/mol. The van der Waals surface area contributed by atoms with Crippen molar-refractivity contribution >= 4 is 35.9 Å². The van der Waals surface area contributed by atoms with Gasteiger partial charge in [-0.3, -0.25) is 4.99 Å². The van der Waals surface area contributed by atoms with E-state index in [9.17, 15) is 4.79 Å². The molecule has 0 bridgehead atoms. The minimum Gasteiger partial charge on any atom is -0.465 e. The summed E-state index contributed by atoms with van der Waals surface area (Å²) in [5.41, 5.74) is 7.79. The van der Waals surface area contributed by atoms with E-state index in [2.05, 4.69) is 14.6 Å². The third kappa shape index (κ3) is 6.37. The summed E-state index contributed by atoms with van der Waals surface area (Å²) < 4.78 is 4.68. The van der Waals surface area contributed by atoms with Crippen LogP contribution in [-0.2, 0) is 11.2 Å². The number of carbonyl (C=O) groups excluding carboxylic acids is 1. The van der Waals surface area contributed by atoms with Crippen LogP contribution < -0.4 is 5.73 Å². The maximum Gasteiger partial charge on any atom is 0.337 e. The molecule has 1 heterocycles. The zero-order valence-electron chi connectivity index (χ0n) is 13.7. The van der Waals surface area contributed by atoms with Crippen molar-refractivity contribution in [3.63, 3.8) is 0 Å². The normalized spacial score (nSPS) is 15.5. The van der Waals surface area contributed by atoms with Crippen LogP contribution in [-0.4, -0.2) is 43.6 Å². The summed E-state index contributed by atoms with van der Waals surface area (Å²) in [6, 6.07) is 7.43. The second-order valence-corrected chi connectivity index (χ2v) is 5.58. The number of nitrogens with two attached hydrogens (primary N) is 1. The second kappa shape index (κ2) is 10.5. The van der Waals surface area contributed by atoms with E-state index in [1.54, 1.807) is 12.1 Å². The topological polar surface area (TPSA) is 67.9 Å². The Morgan fingerprint density at radius 2 is 1.78 bits per heavy atom. The molecule has 1 aliphatic heterocycles. The molecule has 128 valence electrons. The number of aliphatic imine (C=N–C) groups is 1. The molecule has 2 rings (SSSR count). The molecular formula is C17H26IN3O2. The lowest BCUT2D eigenvalue weighted by Crippen LogP contribution is -2.38. The Bertz CT molecular complexity index is 509. The molecule has 1 fully saturated rings. The first-order valence-electron chi connectivity index (χ1n) is 7.93. The Hall–Kier alpha value is -1.31. The van der Waals surface area contributed by atoms with Crippen LogP contribution in [0.15, 0.2) is 29.3 Å². The maximum absolute atomic E-state index is 11.4. The van der Waals surface area contributed by atoms with E-state index < -0.39 is 0 Å². The van der Waals surface area contributed by atoms with Crippen molar-refractivity contribution in [2.45, 2.75) is 32.1 Å². The molecule has 1 saturated heterocycles. The molecular weight excluding hydrogens is 405 g/mol. The first kappa shape index (κ1) is 19.7. The number of carbonyl (C=O) groups is 1. The van der Waals surface area contributed by atoms with Crippen LogP contribution in [0.2, 0.25) is 0 Å². The van der Waals surface area contributed by atoms with Crippen molar-refractivity contribution in [3.8, 4) is 0 Å². The van der Waals surface area contributed by atoms with Gasteiger partial charge in [-0.2, -0.15) is 0 Å². The van der Waals surface area contributed by atoms with Gasteiger partial charge in [0.05, 0.1) is 12.7 Å². The highest BCUT2D eigenvalue weighted by molar-refractivity contribution is 14.0. The molecule has 0 spiro atoms. The molecule has 0 radical (unpaired) electrons. The molecule has 1 aliphatic rings. The highest BCUT2D eigenvalue weighted by atomic mass is 127. The molecule has 0 atom stereocenters. The smallest absolute Gasteiger partial charge is 0.337 e. The predicted octanol–water partition coefficient (Wildman–Crippen LogP) is 2.82. The van der Waals surface area contributed by atoms with Gasteiger partial charge in [-0.05, 0) is 37.0 Å². The van der Waals surface area contributed by atoms with Gasteiger partial charge in [-0.15, -0.1) is 24.0 Å². The molecule has 1 aromatic carbocycles. The highest BCUT2D eigenvalue weighted by Gasteiger charge is 2.10. The van der Waals surface area contributed by atoms with E-state index >= 15 is 0 Å². The lowest BCUT2D eigenvalue weighted by molar-refractivity contribution is 0.0600. The van der Waals surface area contributed by atoms with E-state index in [4.69, 9.17) is 5.73 Å². The quantitative estimate of drug-likeness (QED) is 0.345. The van der Waals surface area contributed by atoms with Gasteiger partial charge in [0.15, 0.2) is 5.96 Å². The first-order valence-corrected chi connectivity index (χ1v) is 7.93. The summed E-state index contributed by atoms with van der Waals surface area (Å²) in [5, 5.41) is 0. The zero-order chi connectivity index (χ0) is 15.8. The van der Waals surface area contributed by atoms with Crippen molar-refractivity contribution in [2.24, 2.45) is 10.7 Å². The average molecular weight is 431 g/mol. The van der Waals surface area contributed by atoms with Crippen LogP contribution in [0.1, 0.15) is 41.6 Å². The molecule has 5 nitrogen and oxygen atoms in total. The van der Waals surface area contributed by atoms with Crippen molar-refractivity contribution < 1.29 is 9.53 Å². The van der Waals surface area contributed by atoms with Gasteiger partial charge >= 0.3 is 5.97 Å². The molecule has 0 saturated carbocycles. The van der Waals surface area contributed by atoms with Gasteiger partial charge in [-0.25, -0.2) is 4.79 Å². The number of hydrogen-bond acceptors (Lipinski definition) is 3. The number of nitrogens with zero attached hydrogens (tertiary/aromatic N) is 2. The first-order chi connectivity index (χ1) is 10.7. The number of ether oxygens (including phenoxy) is 1. The summed E-state index contributed by atoms with van der Waals surface area (Å²) in [6.07, 6.45) is 5.79. The lowest BCUT2D eigenvalue weighted by atomic mass is 10.1. The number of benzene rings is 1. The summed E-state index contributed by atoms with van der Waals surface area (Å²) in [4.78, 5) is 18.0. The summed E-state index contributed by atoms with van der Waals surface area (Å²) in [7, 11) is 1.39. The molecule has 1 aromatic rings. The van der Waals surface area contributed by atoms with Crippen molar-refractivity contribution in [1.82, 2.24) is 4.90 Å². The van der Waals surface area contributed by atoms with Gasteiger partial charge < -0.3 is 15.4 Å². The number of hydrogen-bond donors (Lipinski definition) is 1. The fourth-order valence-electron chi connectivity index (χ4n) is 2.62. The SMILES string of the molecule is COC(=O)c1ccc(CCN=C(N)N2CCCCCC2)cc1.I. The van der Waals surface area contributed by atoms with Crippen LogP contribution in [0.5, 0.6) is 0 Å². The third-order valence-corrected chi connectivity index (χ3v) is 3.98. The van der Waals surface area contributed by atoms with Crippen LogP contribution in [0.4, 0.5) is 0 Å². The standard InChI is InChI=1S/C17H25N3O2.HI/c1-22-16(21)15-8-6-14(7-9-15)10-11-19-17(18)20-12-4-2-3-5-13-20;/h6-9H,2-5,10-13H2,1H3,(H2,18,19);1H. The molecule has 0 aliphatic carbocycles. The van der Waals surface area contributed by atoms with Crippen molar-refractivity contribution in [2.75, 3.05) is 26.7 Å². The minimum absolute atomic E-state index is 0. The molecule has 0 aromatic heterocycles. The molecule has 6 heteroatoms. The summed E-state index contributed by atoms with van der Waals surface area (Å²) >= 11 is 0. The van der Waals surface area contributed by atoms with Gasteiger partial charge in [0.1, 0.15) is 0 Å². The van der Waals surface area contributed by atoms with Crippen LogP contribution >= 0.6 is 24.0 Å². The van der Waals surface area contributed by atoms with Gasteiger partial charge in [-0.1, -0.05) is 25.0 Å². The zero-order valence-corrected chi connectivity index (χ0v) is 16.0. The fraction of sp³-hybridized carbons (Fsp3) is 0.529. The van der Waals surface area contributed by atoms with E-state index in [0.29, 0.717) is 18.1 Å². The number of rotatable bonds is 4. The molecule has 0 unspecified atom stereocenters. The van der Waals surface area contributed by atoms with Crippen LogP contribution in [0.25, 0.3) is 0 Å². The Kier molecular flexibility index (Phi) is 8.98.